The van der Waals surface area contributed by atoms with Crippen molar-refractivity contribution in [1.82, 2.24) is 30.1 Å². The molecule has 0 aromatic carbocycles. The van der Waals surface area contributed by atoms with E-state index in [1.165, 1.54) is 6.20 Å². The molecule has 1 aliphatic carbocycles. The number of hydrogen-bond acceptors (Lipinski definition) is 5. The Bertz CT molecular complexity index is 1400. The van der Waals surface area contributed by atoms with Crippen LogP contribution in [-0.4, -0.2) is 36.3 Å². The van der Waals surface area contributed by atoms with Crippen molar-refractivity contribution in [2.45, 2.75) is 13.3 Å². The molecule has 0 saturated carbocycles. The molecule has 0 unspecified atom stereocenters. The van der Waals surface area contributed by atoms with Gasteiger partial charge in [0, 0.05) is 29.7 Å². The van der Waals surface area contributed by atoms with Crippen LogP contribution in [0.25, 0.3) is 44.7 Å². The molecule has 1 aliphatic rings. The normalized spacial score (nSPS) is 14.3. The maximum absolute atomic E-state index is 4.85. The Morgan fingerprint density at radius 1 is 1.17 bits per heavy atom. The van der Waals surface area contributed by atoms with Crippen LogP contribution in [-0.2, 0) is 0 Å². The van der Waals surface area contributed by atoms with Crippen LogP contribution in [0.1, 0.15) is 24.6 Å². The predicted molar refractivity (Wildman–Crippen MR) is 121 cm³/mol. The summed E-state index contributed by atoms with van der Waals surface area (Å²) in [5.41, 5.74) is 7.84. The highest BCUT2D eigenvalue weighted by atomic mass is 15.1. The average Bonchev–Trinajstić information content (AvgIpc) is 3.52. The number of rotatable bonds is 5. The molecule has 146 valence electrons. The van der Waals surface area contributed by atoms with Gasteiger partial charge in [-0.3, -0.25) is 15.1 Å². The van der Waals surface area contributed by atoms with E-state index in [0.29, 0.717) is 11.5 Å². The number of hydrogen-bond donors (Lipinski definition) is 2. The second-order valence-electron chi connectivity index (χ2n) is 6.84. The molecule has 0 aliphatic heterocycles. The standard InChI is InChI=1S/C23H19N7/c1-3-14(11-24-4-2)17-9-10-18-21(26-17)22(30-29-18)23-27-19-13-25-12-16(20(19)28-23)15-7-5-6-8-15/h3-5,7-13H,2,6H2,1H3,(H,27,28)(H,29,30)/b14-3+,24-11?. The lowest BCUT2D eigenvalue weighted by Crippen LogP contribution is -1.92. The molecule has 4 heterocycles. The minimum Gasteiger partial charge on any atom is -0.335 e. The lowest BCUT2D eigenvalue weighted by molar-refractivity contribution is 1.10. The van der Waals surface area contributed by atoms with E-state index in [-0.39, 0.29) is 0 Å². The fraction of sp³-hybridized carbons (Fsp3) is 0.0870. The summed E-state index contributed by atoms with van der Waals surface area (Å²) >= 11 is 0. The maximum atomic E-state index is 4.85. The second kappa shape index (κ2) is 7.36. The quantitative estimate of drug-likeness (QED) is 0.474. The summed E-state index contributed by atoms with van der Waals surface area (Å²) in [4.78, 5) is 21.5. The third-order valence-corrected chi connectivity index (χ3v) is 5.03. The monoisotopic (exact) mass is 393 g/mol. The van der Waals surface area contributed by atoms with Gasteiger partial charge in [-0.15, -0.1) is 0 Å². The van der Waals surface area contributed by atoms with Gasteiger partial charge in [0.2, 0.25) is 0 Å². The van der Waals surface area contributed by atoms with Crippen molar-refractivity contribution in [3.8, 4) is 11.5 Å². The number of imidazole rings is 1. The molecule has 0 saturated heterocycles. The van der Waals surface area contributed by atoms with Crippen molar-refractivity contribution in [2.75, 3.05) is 0 Å². The third kappa shape index (κ3) is 2.97. The molecule has 0 bridgehead atoms. The van der Waals surface area contributed by atoms with E-state index in [2.05, 4.69) is 50.0 Å². The summed E-state index contributed by atoms with van der Waals surface area (Å²) in [5, 5.41) is 7.52. The Morgan fingerprint density at radius 3 is 2.90 bits per heavy atom. The summed E-state index contributed by atoms with van der Waals surface area (Å²) in [7, 11) is 0. The summed E-state index contributed by atoms with van der Waals surface area (Å²) in [6.45, 7) is 5.58. The zero-order chi connectivity index (χ0) is 20.5. The van der Waals surface area contributed by atoms with Crippen molar-refractivity contribution in [3.05, 3.63) is 72.9 Å². The molecular formula is C23H19N7. The molecule has 0 fully saturated rings. The third-order valence-electron chi connectivity index (χ3n) is 5.03. The van der Waals surface area contributed by atoms with Gasteiger partial charge >= 0.3 is 0 Å². The van der Waals surface area contributed by atoms with Gasteiger partial charge in [0.1, 0.15) is 5.52 Å². The molecule has 7 heteroatoms. The number of aromatic nitrogens is 6. The fourth-order valence-corrected chi connectivity index (χ4v) is 3.56. The Kier molecular flexibility index (Phi) is 4.40. The first-order valence-electron chi connectivity index (χ1n) is 9.65. The van der Waals surface area contributed by atoms with E-state index in [0.717, 1.165) is 50.9 Å². The predicted octanol–water partition coefficient (Wildman–Crippen LogP) is 4.86. The summed E-state index contributed by atoms with van der Waals surface area (Å²) in [5.74, 6) is 0.652. The van der Waals surface area contributed by atoms with Crippen LogP contribution >= 0.6 is 0 Å². The number of nitrogens with zero attached hydrogens (tertiary/aromatic N) is 5. The van der Waals surface area contributed by atoms with Crippen molar-refractivity contribution in [3.63, 3.8) is 0 Å². The number of aromatic amines is 2. The minimum absolute atomic E-state index is 0.652. The largest absolute Gasteiger partial charge is 0.335 e. The van der Waals surface area contributed by atoms with Crippen molar-refractivity contribution < 1.29 is 0 Å². The molecule has 4 aromatic heterocycles. The van der Waals surface area contributed by atoms with Crippen molar-refractivity contribution >= 4 is 39.4 Å². The van der Waals surface area contributed by atoms with Crippen LogP contribution in [0.2, 0.25) is 0 Å². The molecule has 4 aromatic rings. The molecular weight excluding hydrogens is 374 g/mol. The van der Waals surface area contributed by atoms with Crippen LogP contribution in [0.3, 0.4) is 0 Å². The molecule has 2 N–H and O–H groups in total. The van der Waals surface area contributed by atoms with Gasteiger partial charge in [-0.2, -0.15) is 5.10 Å². The zero-order valence-electron chi connectivity index (χ0n) is 16.4. The van der Waals surface area contributed by atoms with Gasteiger partial charge < -0.3 is 4.98 Å². The van der Waals surface area contributed by atoms with Crippen LogP contribution < -0.4 is 0 Å². The number of fused-ring (bicyclic) bond motifs is 2. The molecule has 0 atom stereocenters. The lowest BCUT2D eigenvalue weighted by atomic mass is 10.1. The highest BCUT2D eigenvalue weighted by Crippen LogP contribution is 2.30. The Labute approximate surface area is 172 Å². The summed E-state index contributed by atoms with van der Waals surface area (Å²) in [6, 6.07) is 3.90. The number of aliphatic imine (C=N–C) groups is 1. The van der Waals surface area contributed by atoms with Crippen LogP contribution in [0, 0.1) is 0 Å². The summed E-state index contributed by atoms with van der Waals surface area (Å²) in [6.07, 6.45) is 16.2. The van der Waals surface area contributed by atoms with Gasteiger partial charge in [-0.1, -0.05) is 30.9 Å². The molecule has 0 radical (unpaired) electrons. The smallest absolute Gasteiger partial charge is 0.161 e. The average molecular weight is 393 g/mol. The van der Waals surface area contributed by atoms with Crippen molar-refractivity contribution in [1.29, 1.82) is 0 Å². The second-order valence-corrected chi connectivity index (χ2v) is 6.84. The zero-order valence-corrected chi connectivity index (χ0v) is 16.4. The first-order chi connectivity index (χ1) is 14.8. The molecule has 5 rings (SSSR count). The number of nitrogens with one attached hydrogen (secondary N) is 2. The van der Waals surface area contributed by atoms with Gasteiger partial charge in [0.15, 0.2) is 11.5 Å². The molecule has 0 amide bonds. The topological polar surface area (TPSA) is 95.5 Å². The van der Waals surface area contributed by atoms with E-state index in [1.807, 2.05) is 31.3 Å². The van der Waals surface area contributed by atoms with Gasteiger partial charge in [-0.05, 0) is 31.1 Å². The lowest BCUT2D eigenvalue weighted by Gasteiger charge is -2.01. The Morgan fingerprint density at radius 2 is 2.10 bits per heavy atom. The molecule has 7 nitrogen and oxygen atoms in total. The Balaban J connectivity index is 1.64. The van der Waals surface area contributed by atoms with Gasteiger partial charge in [0.25, 0.3) is 0 Å². The highest BCUT2D eigenvalue weighted by Gasteiger charge is 2.17. The van der Waals surface area contributed by atoms with E-state index in [9.17, 15) is 0 Å². The maximum Gasteiger partial charge on any atom is 0.161 e. The van der Waals surface area contributed by atoms with E-state index >= 15 is 0 Å². The van der Waals surface area contributed by atoms with E-state index in [1.54, 1.807) is 12.4 Å². The number of pyridine rings is 2. The SMILES string of the molecule is C=CN=C/C(=C\C)c1ccc2[nH]nc(-c3nc4c(C5=CCC=C5)cncc4[nH]3)c2n1. The number of H-pyrrole nitrogens is 2. The highest BCUT2D eigenvalue weighted by molar-refractivity contribution is 6.09. The molecule has 0 spiro atoms. The van der Waals surface area contributed by atoms with Crippen LogP contribution in [0.5, 0.6) is 0 Å². The van der Waals surface area contributed by atoms with E-state index < -0.39 is 0 Å². The number of allylic oxidation sites excluding steroid dienone is 6. The fourth-order valence-electron chi connectivity index (χ4n) is 3.56. The first kappa shape index (κ1) is 17.9. The first-order valence-corrected chi connectivity index (χ1v) is 9.65. The van der Waals surface area contributed by atoms with Gasteiger partial charge in [-0.25, -0.2) is 9.97 Å². The Hall–Kier alpha value is -4.13. The van der Waals surface area contributed by atoms with Gasteiger partial charge in [0.05, 0.1) is 28.4 Å². The van der Waals surface area contributed by atoms with Crippen LogP contribution in [0.4, 0.5) is 0 Å². The summed E-state index contributed by atoms with van der Waals surface area (Å²) < 4.78 is 0. The van der Waals surface area contributed by atoms with E-state index in [4.69, 9.17) is 9.97 Å². The van der Waals surface area contributed by atoms with Crippen molar-refractivity contribution in [2.24, 2.45) is 4.99 Å². The molecule has 30 heavy (non-hydrogen) atoms. The van der Waals surface area contributed by atoms with Crippen LogP contribution in [0.15, 0.2) is 66.6 Å². The minimum atomic E-state index is 0.652.